The fraction of sp³-hybridized carbons (Fsp3) is 0.429. The normalized spacial score (nSPS) is 10.1. The predicted molar refractivity (Wildman–Crippen MR) is 82.6 cm³/mol. The first kappa shape index (κ1) is 16.4. The van der Waals surface area contributed by atoms with Gasteiger partial charge in [-0.2, -0.15) is 11.8 Å². The van der Waals surface area contributed by atoms with Gasteiger partial charge in [0.05, 0.1) is 0 Å². The maximum atomic E-state index is 12.1. The third kappa shape index (κ3) is 5.52. The number of carbonyl (C=O) groups is 2. The summed E-state index contributed by atoms with van der Waals surface area (Å²) in [6.07, 6.45) is 2.87. The average molecular weight is 296 g/mol. The fourth-order valence-electron chi connectivity index (χ4n) is 1.65. The van der Waals surface area contributed by atoms with Gasteiger partial charge in [-0.1, -0.05) is 17.7 Å². The topological polar surface area (TPSA) is 69.6 Å². The number of hydrogen-bond donors (Lipinski definition) is 2. The third-order valence-electron chi connectivity index (χ3n) is 2.69. The molecule has 0 radical (unpaired) electrons. The van der Waals surface area contributed by atoms with Crippen molar-refractivity contribution in [3.8, 4) is 0 Å². The number of benzene rings is 1. The van der Waals surface area contributed by atoms with Gasteiger partial charge in [-0.3, -0.25) is 9.69 Å². The summed E-state index contributed by atoms with van der Waals surface area (Å²) in [6, 6.07) is 6.83. The number of urea groups is 1. The molecule has 0 aliphatic carbocycles. The van der Waals surface area contributed by atoms with Crippen LogP contribution in [-0.2, 0) is 4.79 Å². The Bertz CT molecular complexity index is 448. The van der Waals surface area contributed by atoms with Crippen molar-refractivity contribution >= 4 is 29.4 Å². The Morgan fingerprint density at radius 1 is 1.30 bits per heavy atom. The highest BCUT2D eigenvalue weighted by Crippen LogP contribution is 2.15. The van der Waals surface area contributed by atoms with Gasteiger partial charge in [0, 0.05) is 12.2 Å². The Hall–Kier alpha value is -1.69. The van der Waals surface area contributed by atoms with E-state index < -0.39 is 5.97 Å². The number of thioether (sulfide) groups is 1. The van der Waals surface area contributed by atoms with Crippen molar-refractivity contribution in [3.05, 3.63) is 29.8 Å². The number of rotatable bonds is 7. The van der Waals surface area contributed by atoms with Crippen molar-refractivity contribution in [1.29, 1.82) is 0 Å². The first-order valence-corrected chi connectivity index (χ1v) is 7.76. The quantitative estimate of drug-likeness (QED) is 0.758. The summed E-state index contributed by atoms with van der Waals surface area (Å²) >= 11 is 1.71. The zero-order valence-corrected chi connectivity index (χ0v) is 12.6. The second-order valence-corrected chi connectivity index (χ2v) is 5.38. The van der Waals surface area contributed by atoms with E-state index in [-0.39, 0.29) is 12.6 Å². The molecule has 5 nitrogen and oxygen atoms in total. The Morgan fingerprint density at radius 3 is 2.50 bits per heavy atom. The van der Waals surface area contributed by atoms with Crippen LogP contribution < -0.4 is 10.2 Å². The van der Waals surface area contributed by atoms with E-state index in [1.165, 1.54) is 4.90 Å². The molecule has 0 saturated heterocycles. The standard InChI is InChI=1S/C14H20N2O3S/c1-11-4-6-12(7-5-11)16(10-13(17)18)14(19)15-8-3-9-20-2/h4-7H,3,8-10H2,1-2H3,(H,15,19)(H,17,18). The van der Waals surface area contributed by atoms with E-state index in [0.717, 1.165) is 17.7 Å². The molecule has 1 aromatic carbocycles. The van der Waals surface area contributed by atoms with Gasteiger partial charge in [0.2, 0.25) is 0 Å². The maximum absolute atomic E-state index is 12.1. The molecule has 0 aliphatic rings. The lowest BCUT2D eigenvalue weighted by molar-refractivity contribution is -0.135. The van der Waals surface area contributed by atoms with Crippen molar-refractivity contribution in [2.75, 3.05) is 30.0 Å². The third-order valence-corrected chi connectivity index (χ3v) is 3.38. The smallest absolute Gasteiger partial charge is 0.323 e. The summed E-state index contributed by atoms with van der Waals surface area (Å²) in [6.45, 7) is 2.13. The number of amides is 2. The number of aliphatic carboxylic acids is 1. The number of carboxylic acid groups (broad SMARTS) is 1. The lowest BCUT2D eigenvalue weighted by Crippen LogP contribution is -2.43. The minimum Gasteiger partial charge on any atom is -0.480 e. The van der Waals surface area contributed by atoms with E-state index in [0.29, 0.717) is 12.2 Å². The molecule has 0 saturated carbocycles. The van der Waals surface area contributed by atoms with Crippen molar-refractivity contribution in [1.82, 2.24) is 5.32 Å². The summed E-state index contributed by atoms with van der Waals surface area (Å²) in [7, 11) is 0. The number of anilines is 1. The first-order chi connectivity index (χ1) is 9.54. The number of carboxylic acids is 1. The van der Waals surface area contributed by atoms with Crippen molar-refractivity contribution < 1.29 is 14.7 Å². The number of nitrogens with one attached hydrogen (secondary N) is 1. The van der Waals surface area contributed by atoms with Crippen LogP contribution in [0.3, 0.4) is 0 Å². The molecule has 0 heterocycles. The van der Waals surface area contributed by atoms with Gasteiger partial charge in [-0.05, 0) is 37.5 Å². The Balaban J connectivity index is 2.70. The van der Waals surface area contributed by atoms with Crippen LogP contribution in [0.15, 0.2) is 24.3 Å². The molecule has 2 amide bonds. The van der Waals surface area contributed by atoms with Gasteiger partial charge < -0.3 is 10.4 Å². The van der Waals surface area contributed by atoms with Crippen molar-refractivity contribution in [2.45, 2.75) is 13.3 Å². The molecular weight excluding hydrogens is 276 g/mol. The molecule has 1 aromatic rings. The minimum atomic E-state index is -1.04. The Labute approximate surface area is 123 Å². The number of aryl methyl sites for hydroxylation is 1. The molecular formula is C14H20N2O3S. The summed E-state index contributed by atoms with van der Waals surface area (Å²) < 4.78 is 0. The highest BCUT2D eigenvalue weighted by Gasteiger charge is 2.18. The summed E-state index contributed by atoms with van der Waals surface area (Å²) in [5.41, 5.74) is 1.64. The summed E-state index contributed by atoms with van der Waals surface area (Å²) in [4.78, 5) is 24.2. The molecule has 0 unspecified atom stereocenters. The van der Waals surface area contributed by atoms with E-state index >= 15 is 0 Å². The second-order valence-electron chi connectivity index (χ2n) is 4.39. The van der Waals surface area contributed by atoms with E-state index in [4.69, 9.17) is 5.11 Å². The number of nitrogens with zero attached hydrogens (tertiary/aromatic N) is 1. The van der Waals surface area contributed by atoms with Crippen LogP contribution >= 0.6 is 11.8 Å². The van der Waals surface area contributed by atoms with Crippen LogP contribution in [0.4, 0.5) is 10.5 Å². The zero-order valence-electron chi connectivity index (χ0n) is 11.8. The average Bonchev–Trinajstić information content (AvgIpc) is 2.42. The molecule has 0 aliphatic heterocycles. The van der Waals surface area contributed by atoms with Gasteiger partial charge in [0.1, 0.15) is 6.54 Å². The maximum Gasteiger partial charge on any atom is 0.323 e. The largest absolute Gasteiger partial charge is 0.480 e. The SMILES string of the molecule is CSCCCNC(=O)N(CC(=O)O)c1ccc(C)cc1. The van der Waals surface area contributed by atoms with Gasteiger partial charge in [-0.25, -0.2) is 4.79 Å². The molecule has 0 atom stereocenters. The van der Waals surface area contributed by atoms with Gasteiger partial charge >= 0.3 is 12.0 Å². The van der Waals surface area contributed by atoms with Crippen molar-refractivity contribution in [3.63, 3.8) is 0 Å². The second kappa shape index (κ2) is 8.47. The van der Waals surface area contributed by atoms with Crippen LogP contribution in [0.1, 0.15) is 12.0 Å². The molecule has 2 N–H and O–H groups in total. The molecule has 0 fully saturated rings. The minimum absolute atomic E-state index is 0.350. The fourth-order valence-corrected chi connectivity index (χ4v) is 2.08. The van der Waals surface area contributed by atoms with Crippen LogP contribution in [-0.4, -0.2) is 42.2 Å². The molecule has 6 heteroatoms. The van der Waals surface area contributed by atoms with E-state index in [2.05, 4.69) is 5.32 Å². The zero-order chi connectivity index (χ0) is 15.0. The van der Waals surface area contributed by atoms with E-state index in [1.54, 1.807) is 23.9 Å². The predicted octanol–water partition coefficient (Wildman–Crippen LogP) is 2.35. The molecule has 1 rings (SSSR count). The highest BCUT2D eigenvalue weighted by atomic mass is 32.2. The van der Waals surface area contributed by atoms with Crippen molar-refractivity contribution in [2.24, 2.45) is 0 Å². The lowest BCUT2D eigenvalue weighted by atomic mass is 10.2. The van der Waals surface area contributed by atoms with Gasteiger partial charge in [0.15, 0.2) is 0 Å². The monoisotopic (exact) mass is 296 g/mol. The van der Waals surface area contributed by atoms with E-state index in [1.807, 2.05) is 25.3 Å². The number of carbonyl (C=O) groups excluding carboxylic acids is 1. The molecule has 0 spiro atoms. The van der Waals surface area contributed by atoms with Gasteiger partial charge in [0.25, 0.3) is 0 Å². The van der Waals surface area contributed by atoms with Crippen LogP contribution in [0.25, 0.3) is 0 Å². The molecule has 20 heavy (non-hydrogen) atoms. The molecule has 0 aromatic heterocycles. The summed E-state index contributed by atoms with van der Waals surface area (Å²) in [5, 5.41) is 11.7. The Kier molecular flexibility index (Phi) is 6.93. The highest BCUT2D eigenvalue weighted by molar-refractivity contribution is 7.98. The first-order valence-electron chi connectivity index (χ1n) is 6.37. The number of hydrogen-bond acceptors (Lipinski definition) is 3. The lowest BCUT2D eigenvalue weighted by Gasteiger charge is -2.21. The van der Waals surface area contributed by atoms with Gasteiger partial charge in [-0.15, -0.1) is 0 Å². The van der Waals surface area contributed by atoms with Crippen LogP contribution in [0, 0.1) is 6.92 Å². The Morgan fingerprint density at radius 2 is 1.95 bits per heavy atom. The molecule has 0 bridgehead atoms. The van der Waals surface area contributed by atoms with Crippen LogP contribution in [0.2, 0.25) is 0 Å². The summed E-state index contributed by atoms with van der Waals surface area (Å²) in [5.74, 6) is -0.0751. The van der Waals surface area contributed by atoms with Crippen LogP contribution in [0.5, 0.6) is 0 Å². The molecule has 110 valence electrons. The van der Waals surface area contributed by atoms with E-state index in [9.17, 15) is 9.59 Å².